The third-order valence-electron chi connectivity index (χ3n) is 2.37. The topological polar surface area (TPSA) is 37.8 Å². The lowest BCUT2D eigenvalue weighted by Crippen LogP contribution is -2.12. The first kappa shape index (κ1) is 11.2. The zero-order valence-corrected chi connectivity index (χ0v) is 9.38. The molecule has 0 aliphatic heterocycles. The molecule has 0 aliphatic rings. The Bertz CT molecular complexity index is 274. The van der Waals surface area contributed by atoms with E-state index in [1.165, 1.54) is 12.8 Å². The summed E-state index contributed by atoms with van der Waals surface area (Å²) in [7, 11) is 0. The van der Waals surface area contributed by atoms with E-state index >= 15 is 0 Å². The highest BCUT2D eigenvalue weighted by Crippen LogP contribution is 2.13. The van der Waals surface area contributed by atoms with E-state index < -0.39 is 0 Å². The Balaban J connectivity index is 2.44. The van der Waals surface area contributed by atoms with Crippen LogP contribution >= 0.6 is 11.6 Å². The fraction of sp³-hybridized carbons (Fsp3) is 0.600. The van der Waals surface area contributed by atoms with Crippen LogP contribution in [0.2, 0.25) is 5.15 Å². The van der Waals surface area contributed by atoms with E-state index in [4.69, 9.17) is 11.6 Å². The maximum Gasteiger partial charge on any atom is 0.153 e. The van der Waals surface area contributed by atoms with Crippen molar-refractivity contribution in [1.29, 1.82) is 0 Å². The predicted octanol–water partition coefficient (Wildman–Crippen LogP) is 2.98. The molecule has 0 aromatic carbocycles. The molecule has 1 rings (SSSR count). The Morgan fingerprint density at radius 1 is 1.43 bits per heavy atom. The van der Waals surface area contributed by atoms with Crippen LogP contribution in [0.4, 0.5) is 5.69 Å². The normalized spacial score (nSPS) is 10.6. The monoisotopic (exact) mass is 213 g/mol. The summed E-state index contributed by atoms with van der Waals surface area (Å²) in [6.07, 6.45) is 4.07. The van der Waals surface area contributed by atoms with Gasteiger partial charge in [-0.1, -0.05) is 38.3 Å². The molecule has 0 unspecified atom stereocenters. The molecule has 0 atom stereocenters. The first-order valence-electron chi connectivity index (χ1n) is 4.98. The van der Waals surface area contributed by atoms with Crippen molar-refractivity contribution >= 4 is 17.3 Å². The van der Waals surface area contributed by atoms with Gasteiger partial charge in [-0.2, -0.15) is 5.10 Å². The Morgan fingerprint density at radius 3 is 2.71 bits per heavy atom. The van der Waals surface area contributed by atoms with E-state index in [0.717, 1.165) is 12.2 Å². The van der Waals surface area contributed by atoms with Crippen molar-refractivity contribution in [2.24, 2.45) is 5.92 Å². The summed E-state index contributed by atoms with van der Waals surface area (Å²) in [5.74, 6) is 0.710. The molecule has 0 amide bonds. The van der Waals surface area contributed by atoms with Crippen molar-refractivity contribution in [1.82, 2.24) is 10.2 Å². The van der Waals surface area contributed by atoms with Crippen molar-refractivity contribution in [3.8, 4) is 0 Å². The molecule has 0 fully saturated rings. The second-order valence-corrected chi connectivity index (χ2v) is 3.72. The molecule has 0 saturated carbocycles. The number of halogens is 1. The van der Waals surface area contributed by atoms with Gasteiger partial charge in [0.25, 0.3) is 0 Å². The molecule has 14 heavy (non-hydrogen) atoms. The lowest BCUT2D eigenvalue weighted by atomic mass is 10.0. The second-order valence-electron chi connectivity index (χ2n) is 3.33. The number of rotatable bonds is 5. The third-order valence-corrected chi connectivity index (χ3v) is 2.56. The van der Waals surface area contributed by atoms with Gasteiger partial charge < -0.3 is 5.32 Å². The molecule has 78 valence electrons. The van der Waals surface area contributed by atoms with Gasteiger partial charge >= 0.3 is 0 Å². The smallest absolute Gasteiger partial charge is 0.153 e. The van der Waals surface area contributed by atoms with Gasteiger partial charge in [-0.05, 0) is 5.92 Å². The van der Waals surface area contributed by atoms with Gasteiger partial charge in [-0.3, -0.25) is 0 Å². The number of hydrogen-bond acceptors (Lipinski definition) is 3. The molecule has 0 saturated heterocycles. The van der Waals surface area contributed by atoms with Crippen LogP contribution in [0.1, 0.15) is 26.7 Å². The summed E-state index contributed by atoms with van der Waals surface area (Å²) < 4.78 is 0. The van der Waals surface area contributed by atoms with Gasteiger partial charge in [0.1, 0.15) is 0 Å². The van der Waals surface area contributed by atoms with Crippen LogP contribution < -0.4 is 5.32 Å². The van der Waals surface area contributed by atoms with E-state index in [2.05, 4.69) is 29.4 Å². The molecule has 0 aliphatic carbocycles. The van der Waals surface area contributed by atoms with Crippen molar-refractivity contribution in [3.63, 3.8) is 0 Å². The number of anilines is 1. The number of nitrogens with one attached hydrogen (secondary N) is 1. The summed E-state index contributed by atoms with van der Waals surface area (Å²) in [4.78, 5) is 0. The molecule has 1 aromatic heterocycles. The summed E-state index contributed by atoms with van der Waals surface area (Å²) >= 11 is 5.71. The molecular formula is C10H16ClN3. The fourth-order valence-corrected chi connectivity index (χ4v) is 1.44. The molecule has 1 heterocycles. The highest BCUT2D eigenvalue weighted by molar-refractivity contribution is 6.29. The molecule has 4 heteroatoms. The predicted molar refractivity (Wildman–Crippen MR) is 59.6 cm³/mol. The number of nitrogens with zero attached hydrogens (tertiary/aromatic N) is 2. The quantitative estimate of drug-likeness (QED) is 0.817. The molecule has 0 spiro atoms. The highest BCUT2D eigenvalue weighted by atomic mass is 35.5. The number of hydrogen-bond donors (Lipinski definition) is 1. The molecule has 1 N–H and O–H groups in total. The lowest BCUT2D eigenvalue weighted by Gasteiger charge is -2.13. The first-order chi connectivity index (χ1) is 6.76. The zero-order valence-electron chi connectivity index (χ0n) is 8.63. The molecule has 0 bridgehead atoms. The van der Waals surface area contributed by atoms with Crippen LogP contribution in [-0.2, 0) is 0 Å². The first-order valence-corrected chi connectivity index (χ1v) is 5.36. The molecule has 1 aromatic rings. The minimum atomic E-state index is 0.430. The van der Waals surface area contributed by atoms with E-state index in [-0.39, 0.29) is 0 Å². The summed E-state index contributed by atoms with van der Waals surface area (Å²) in [6, 6.07) is 1.79. The Kier molecular flexibility index (Phi) is 4.66. The molecular weight excluding hydrogens is 198 g/mol. The average Bonchev–Trinajstić information content (AvgIpc) is 2.19. The van der Waals surface area contributed by atoms with Crippen molar-refractivity contribution in [3.05, 3.63) is 17.4 Å². The lowest BCUT2D eigenvalue weighted by molar-refractivity contribution is 0.519. The van der Waals surface area contributed by atoms with E-state index in [9.17, 15) is 0 Å². The van der Waals surface area contributed by atoms with Crippen LogP contribution in [0.15, 0.2) is 12.3 Å². The van der Waals surface area contributed by atoms with Gasteiger partial charge in [0.15, 0.2) is 5.15 Å². The standard InChI is InChI=1S/C10H16ClN3/c1-3-8(4-2)6-12-9-5-10(11)14-13-7-9/h5,7-8H,3-4,6H2,1-2H3,(H,12,14). The van der Waals surface area contributed by atoms with E-state index in [1.807, 2.05) is 0 Å². The van der Waals surface area contributed by atoms with Gasteiger partial charge in [0.2, 0.25) is 0 Å². The van der Waals surface area contributed by atoms with Gasteiger partial charge in [0, 0.05) is 12.6 Å². The molecule has 3 nitrogen and oxygen atoms in total. The minimum Gasteiger partial charge on any atom is -0.383 e. The Labute approximate surface area is 89.9 Å². The van der Waals surface area contributed by atoms with Gasteiger partial charge in [-0.25, -0.2) is 0 Å². The zero-order chi connectivity index (χ0) is 10.4. The summed E-state index contributed by atoms with van der Waals surface area (Å²) in [5, 5.41) is 11.2. The van der Waals surface area contributed by atoms with E-state index in [1.54, 1.807) is 12.3 Å². The maximum atomic E-state index is 5.71. The Morgan fingerprint density at radius 2 is 2.14 bits per heavy atom. The minimum absolute atomic E-state index is 0.430. The van der Waals surface area contributed by atoms with Crippen LogP contribution in [-0.4, -0.2) is 16.7 Å². The van der Waals surface area contributed by atoms with E-state index in [0.29, 0.717) is 11.1 Å². The maximum absolute atomic E-state index is 5.71. The van der Waals surface area contributed by atoms with Crippen LogP contribution in [0.25, 0.3) is 0 Å². The van der Waals surface area contributed by atoms with Crippen LogP contribution in [0.5, 0.6) is 0 Å². The second kappa shape index (κ2) is 5.81. The fourth-order valence-electron chi connectivity index (χ4n) is 1.28. The van der Waals surface area contributed by atoms with Crippen molar-refractivity contribution in [2.45, 2.75) is 26.7 Å². The molecule has 0 radical (unpaired) electrons. The van der Waals surface area contributed by atoms with Crippen molar-refractivity contribution in [2.75, 3.05) is 11.9 Å². The number of aromatic nitrogens is 2. The SMILES string of the molecule is CCC(CC)CNc1cnnc(Cl)c1. The third kappa shape index (κ3) is 3.50. The largest absolute Gasteiger partial charge is 0.383 e. The summed E-state index contributed by atoms with van der Waals surface area (Å²) in [6.45, 7) is 5.37. The highest BCUT2D eigenvalue weighted by Gasteiger charge is 2.03. The van der Waals surface area contributed by atoms with Crippen LogP contribution in [0, 0.1) is 5.92 Å². The van der Waals surface area contributed by atoms with Crippen molar-refractivity contribution < 1.29 is 0 Å². The summed E-state index contributed by atoms with van der Waals surface area (Å²) in [5.41, 5.74) is 0.942. The Hall–Kier alpha value is -0.830. The van der Waals surface area contributed by atoms with Gasteiger partial charge in [0.05, 0.1) is 11.9 Å². The van der Waals surface area contributed by atoms with Gasteiger partial charge in [-0.15, -0.1) is 5.10 Å². The average molecular weight is 214 g/mol. The van der Waals surface area contributed by atoms with Crippen LogP contribution in [0.3, 0.4) is 0 Å².